The molecule has 0 spiro atoms. The van der Waals surface area contributed by atoms with E-state index >= 15 is 0 Å². The highest BCUT2D eigenvalue weighted by Gasteiger charge is 2.24. The molecule has 0 atom stereocenters. The molecule has 0 saturated carbocycles. The number of aromatic nitrogens is 4. The summed E-state index contributed by atoms with van der Waals surface area (Å²) in [6.07, 6.45) is 0. The molecule has 0 amide bonds. The first-order chi connectivity index (χ1) is 15.0. The number of aryl methyl sites for hydroxylation is 1. The first kappa shape index (κ1) is 23.5. The van der Waals surface area contributed by atoms with Gasteiger partial charge in [-0.1, -0.05) is 32.5 Å². The predicted octanol–water partition coefficient (Wildman–Crippen LogP) is 2.32. The molecule has 0 unspecified atom stereocenters. The lowest BCUT2D eigenvalue weighted by Gasteiger charge is -2.19. The number of ketones is 1. The maximum absolute atomic E-state index is 13.0. The third-order valence-electron chi connectivity index (χ3n) is 4.99. The molecule has 1 aromatic carbocycles. The van der Waals surface area contributed by atoms with Crippen LogP contribution in [0, 0.1) is 0 Å². The van der Waals surface area contributed by atoms with Crippen molar-refractivity contribution in [3.8, 4) is 11.5 Å². The number of nitrogens with zero attached hydrogens (tertiary/aromatic N) is 4. The van der Waals surface area contributed by atoms with Crippen molar-refractivity contribution in [2.24, 2.45) is 14.1 Å². The average Bonchev–Trinajstić information content (AvgIpc) is 2.77. The molecule has 3 aromatic rings. The van der Waals surface area contributed by atoms with E-state index < -0.39 is 16.7 Å². The van der Waals surface area contributed by atoms with Crippen LogP contribution in [0.15, 0.2) is 32.8 Å². The predicted molar refractivity (Wildman–Crippen MR) is 123 cm³/mol. The van der Waals surface area contributed by atoms with Gasteiger partial charge in [-0.05, 0) is 12.1 Å². The number of fused-ring (bicyclic) bond motifs is 1. The van der Waals surface area contributed by atoms with Crippen molar-refractivity contribution in [1.82, 2.24) is 19.1 Å². The summed E-state index contributed by atoms with van der Waals surface area (Å²) in [5, 5.41) is 0.569. The smallest absolute Gasteiger partial charge is 0.332 e. The largest absolute Gasteiger partial charge is 0.497 e. The molecule has 0 aliphatic heterocycles. The van der Waals surface area contributed by atoms with Gasteiger partial charge >= 0.3 is 5.69 Å². The minimum Gasteiger partial charge on any atom is -0.497 e. The molecule has 0 bridgehead atoms. The molecule has 0 radical (unpaired) electrons. The second kappa shape index (κ2) is 8.78. The number of thioether (sulfide) groups is 1. The summed E-state index contributed by atoms with van der Waals surface area (Å²) >= 11 is 1.13. The van der Waals surface area contributed by atoms with Crippen LogP contribution in [-0.2, 0) is 19.5 Å². The van der Waals surface area contributed by atoms with Crippen LogP contribution in [0.1, 0.15) is 37.0 Å². The molecule has 10 heteroatoms. The molecule has 9 nitrogen and oxygen atoms in total. The molecule has 32 heavy (non-hydrogen) atoms. The molecular weight excluding hydrogens is 432 g/mol. The van der Waals surface area contributed by atoms with Crippen molar-refractivity contribution in [3.05, 3.63) is 50.4 Å². The maximum Gasteiger partial charge on any atom is 0.332 e. The van der Waals surface area contributed by atoms with E-state index in [4.69, 9.17) is 9.47 Å². The number of carbonyl (C=O) groups excluding carboxylic acids is 1. The maximum atomic E-state index is 13.0. The Kier molecular flexibility index (Phi) is 6.45. The Labute approximate surface area is 189 Å². The molecule has 0 fully saturated rings. The molecule has 0 saturated heterocycles. The zero-order valence-electron chi connectivity index (χ0n) is 19.2. The van der Waals surface area contributed by atoms with Crippen molar-refractivity contribution in [2.75, 3.05) is 20.0 Å². The number of ether oxygens (including phenoxy) is 2. The number of hydrogen-bond donors (Lipinski definition) is 0. The van der Waals surface area contributed by atoms with Crippen LogP contribution in [-0.4, -0.2) is 44.9 Å². The fourth-order valence-corrected chi connectivity index (χ4v) is 4.01. The van der Waals surface area contributed by atoms with Crippen LogP contribution in [0.4, 0.5) is 0 Å². The third-order valence-corrected chi connectivity index (χ3v) is 5.96. The molecule has 2 heterocycles. The summed E-state index contributed by atoms with van der Waals surface area (Å²) in [4.78, 5) is 47.4. The Morgan fingerprint density at radius 3 is 2.34 bits per heavy atom. The van der Waals surface area contributed by atoms with Crippen molar-refractivity contribution < 1.29 is 14.3 Å². The van der Waals surface area contributed by atoms with Crippen LogP contribution >= 0.6 is 11.8 Å². The van der Waals surface area contributed by atoms with Gasteiger partial charge in [-0.15, -0.1) is 0 Å². The number of benzene rings is 1. The van der Waals surface area contributed by atoms with Gasteiger partial charge in [0.2, 0.25) is 0 Å². The van der Waals surface area contributed by atoms with Crippen molar-refractivity contribution >= 4 is 28.6 Å². The molecule has 170 valence electrons. The number of Topliss-reactive ketones (excluding diaryl/α,β-unsaturated/α-hetero) is 1. The highest BCUT2D eigenvalue weighted by Crippen LogP contribution is 2.30. The summed E-state index contributed by atoms with van der Waals surface area (Å²) < 4.78 is 12.9. The minimum absolute atomic E-state index is 0.0182. The van der Waals surface area contributed by atoms with Crippen LogP contribution < -0.4 is 20.7 Å². The lowest BCUT2D eigenvalue weighted by molar-refractivity contribution is 0.101. The summed E-state index contributed by atoms with van der Waals surface area (Å²) in [5.74, 6) is 1.28. The monoisotopic (exact) mass is 458 g/mol. The number of carbonyl (C=O) groups is 1. The SMILES string of the molecule is COc1ccc(C(=O)CSc2nc(C(C)(C)C)nc3c2c(=O)n(C)c(=O)n3C)c(OC)c1. The standard InChI is InChI=1S/C22H26N4O5S/c1-22(2,3)20-23-17-16(19(28)26(5)21(29)25(17)4)18(24-20)32-11-14(27)13-9-8-12(30-6)10-15(13)31-7/h8-10H,11H2,1-7H3. The Balaban J connectivity index is 2.10. The van der Waals surface area contributed by atoms with Gasteiger partial charge in [-0.25, -0.2) is 14.8 Å². The van der Waals surface area contributed by atoms with Gasteiger partial charge in [0.05, 0.1) is 25.5 Å². The Morgan fingerprint density at radius 2 is 1.75 bits per heavy atom. The van der Waals surface area contributed by atoms with Crippen molar-refractivity contribution in [2.45, 2.75) is 31.2 Å². The molecule has 0 N–H and O–H groups in total. The summed E-state index contributed by atoms with van der Waals surface area (Å²) in [6, 6.07) is 4.97. The normalized spacial score (nSPS) is 11.6. The fourth-order valence-electron chi connectivity index (χ4n) is 3.11. The van der Waals surface area contributed by atoms with Gasteiger partial charge in [0.25, 0.3) is 5.56 Å². The highest BCUT2D eigenvalue weighted by molar-refractivity contribution is 8.00. The van der Waals surface area contributed by atoms with Crippen molar-refractivity contribution in [3.63, 3.8) is 0 Å². The fraction of sp³-hybridized carbons (Fsp3) is 0.409. The zero-order chi connectivity index (χ0) is 23.8. The van der Waals surface area contributed by atoms with E-state index in [0.717, 1.165) is 16.3 Å². The number of hydrogen-bond acceptors (Lipinski definition) is 8. The first-order valence-electron chi connectivity index (χ1n) is 9.85. The average molecular weight is 459 g/mol. The van der Waals surface area contributed by atoms with E-state index in [2.05, 4.69) is 9.97 Å². The van der Waals surface area contributed by atoms with Gasteiger partial charge in [-0.2, -0.15) is 0 Å². The molecule has 0 aliphatic rings. The van der Waals surface area contributed by atoms with Gasteiger partial charge in [0.1, 0.15) is 27.7 Å². The van der Waals surface area contributed by atoms with E-state index in [1.807, 2.05) is 20.8 Å². The lowest BCUT2D eigenvalue weighted by Crippen LogP contribution is -2.38. The molecule has 0 aliphatic carbocycles. The minimum atomic E-state index is -0.500. The second-order valence-corrected chi connectivity index (χ2v) is 9.25. The van der Waals surface area contributed by atoms with Gasteiger partial charge in [0, 0.05) is 25.6 Å². The second-order valence-electron chi connectivity index (χ2n) is 8.28. The van der Waals surface area contributed by atoms with Crippen LogP contribution in [0.25, 0.3) is 11.0 Å². The lowest BCUT2D eigenvalue weighted by atomic mass is 9.96. The molecule has 3 rings (SSSR count). The van der Waals surface area contributed by atoms with Gasteiger partial charge < -0.3 is 9.47 Å². The number of methoxy groups -OCH3 is 2. The highest BCUT2D eigenvalue weighted by atomic mass is 32.2. The number of rotatable bonds is 6. The zero-order valence-corrected chi connectivity index (χ0v) is 20.0. The van der Waals surface area contributed by atoms with Crippen molar-refractivity contribution in [1.29, 1.82) is 0 Å². The van der Waals surface area contributed by atoms with E-state index in [-0.39, 0.29) is 22.6 Å². The van der Waals surface area contributed by atoms with Crippen LogP contribution in [0.3, 0.4) is 0 Å². The first-order valence-corrected chi connectivity index (χ1v) is 10.8. The topological polar surface area (TPSA) is 105 Å². The Hall–Kier alpha value is -3.14. The summed E-state index contributed by atoms with van der Waals surface area (Å²) in [6.45, 7) is 5.82. The Morgan fingerprint density at radius 1 is 1.06 bits per heavy atom. The molecule has 2 aromatic heterocycles. The Bertz CT molecular complexity index is 1320. The van der Waals surface area contributed by atoms with Gasteiger partial charge in [0.15, 0.2) is 11.4 Å². The van der Waals surface area contributed by atoms with E-state index in [1.165, 1.54) is 25.8 Å². The van der Waals surface area contributed by atoms with E-state index in [0.29, 0.717) is 27.9 Å². The summed E-state index contributed by atoms with van der Waals surface area (Å²) in [5.41, 5.74) is -0.758. The summed E-state index contributed by atoms with van der Waals surface area (Å²) in [7, 11) is 5.98. The van der Waals surface area contributed by atoms with E-state index in [1.54, 1.807) is 25.2 Å². The molecular formula is C22H26N4O5S. The quantitative estimate of drug-likeness (QED) is 0.315. The third kappa shape index (κ3) is 4.27. The van der Waals surface area contributed by atoms with E-state index in [9.17, 15) is 14.4 Å². The van der Waals surface area contributed by atoms with Crippen LogP contribution in [0.5, 0.6) is 11.5 Å². The van der Waals surface area contributed by atoms with Crippen LogP contribution in [0.2, 0.25) is 0 Å². The van der Waals surface area contributed by atoms with Gasteiger partial charge in [-0.3, -0.25) is 18.7 Å².